The van der Waals surface area contributed by atoms with Gasteiger partial charge in [0.15, 0.2) is 0 Å². The summed E-state index contributed by atoms with van der Waals surface area (Å²) in [5.41, 5.74) is 4.22. The van der Waals surface area contributed by atoms with Gasteiger partial charge in [0.1, 0.15) is 0 Å². The molecule has 0 amide bonds. The van der Waals surface area contributed by atoms with Gasteiger partial charge in [-0.25, -0.2) is 0 Å². The summed E-state index contributed by atoms with van der Waals surface area (Å²) in [5.74, 6) is 0. The Hall–Kier alpha value is -1.32. The molecule has 0 radical (unpaired) electrons. The minimum atomic E-state index is -0.249. The number of β-amino-alcohol motifs (C(OH)–C–C–N with tert-alkyl or cyclic N) is 1. The van der Waals surface area contributed by atoms with E-state index in [1.807, 2.05) is 20.8 Å². The third kappa shape index (κ3) is 2.74. The molecule has 0 bridgehead atoms. The van der Waals surface area contributed by atoms with E-state index in [1.165, 1.54) is 22.2 Å². The van der Waals surface area contributed by atoms with E-state index in [0.29, 0.717) is 0 Å². The van der Waals surface area contributed by atoms with Crippen LogP contribution in [0.3, 0.4) is 0 Å². The average Bonchev–Trinajstić information content (AvgIpc) is 2.74. The zero-order valence-corrected chi connectivity index (χ0v) is 13.1. The van der Waals surface area contributed by atoms with Crippen molar-refractivity contribution in [2.75, 3.05) is 13.1 Å². The highest BCUT2D eigenvalue weighted by molar-refractivity contribution is 5.85. The molecule has 1 unspecified atom stereocenters. The summed E-state index contributed by atoms with van der Waals surface area (Å²) in [5, 5.41) is 10.9. The number of rotatable bonds is 2. The van der Waals surface area contributed by atoms with Crippen molar-refractivity contribution in [2.45, 2.75) is 39.8 Å². The normalized spacial score (nSPS) is 16.4. The first-order valence-electron chi connectivity index (χ1n) is 7.62. The number of hydrogen-bond acceptors (Lipinski definition) is 2. The van der Waals surface area contributed by atoms with E-state index < -0.39 is 0 Å². The summed E-state index contributed by atoms with van der Waals surface area (Å²) in [6.07, 6.45) is 0.828. The molecule has 1 atom stereocenters. The van der Waals surface area contributed by atoms with Crippen molar-refractivity contribution in [3.63, 3.8) is 0 Å². The van der Waals surface area contributed by atoms with E-state index >= 15 is 0 Å². The molecular weight excluding hydrogens is 248 g/mol. The maximum atomic E-state index is 9.52. The van der Waals surface area contributed by atoms with Crippen LogP contribution >= 0.6 is 0 Å². The lowest BCUT2D eigenvalue weighted by Gasteiger charge is -2.28. The molecule has 0 spiro atoms. The van der Waals surface area contributed by atoms with Crippen LogP contribution in [0.15, 0.2) is 24.3 Å². The van der Waals surface area contributed by atoms with Gasteiger partial charge in [-0.05, 0) is 18.6 Å². The van der Waals surface area contributed by atoms with Gasteiger partial charge in [0.2, 0.25) is 0 Å². The van der Waals surface area contributed by atoms with Crippen molar-refractivity contribution in [3.05, 3.63) is 35.5 Å². The Morgan fingerprint density at radius 3 is 2.65 bits per heavy atom. The molecule has 0 aliphatic carbocycles. The smallest absolute Gasteiger partial charge is 0.0639 e. The van der Waals surface area contributed by atoms with Crippen LogP contribution in [0, 0.1) is 0 Å². The van der Waals surface area contributed by atoms with Crippen LogP contribution in [-0.4, -0.2) is 33.8 Å². The first-order valence-corrected chi connectivity index (χ1v) is 7.62. The SMILES string of the molecule is CC.CC(O)CN1CCc2c(c3ccccc3n2C)C1. The number of para-hydroxylation sites is 1. The van der Waals surface area contributed by atoms with Gasteiger partial charge in [-0.2, -0.15) is 0 Å². The average molecular weight is 274 g/mol. The van der Waals surface area contributed by atoms with E-state index in [9.17, 15) is 5.11 Å². The highest BCUT2D eigenvalue weighted by atomic mass is 16.3. The molecule has 3 nitrogen and oxygen atoms in total. The number of aryl methyl sites for hydroxylation is 1. The summed E-state index contributed by atoms with van der Waals surface area (Å²) >= 11 is 0. The van der Waals surface area contributed by atoms with Crippen LogP contribution < -0.4 is 0 Å². The number of benzene rings is 1. The summed E-state index contributed by atoms with van der Waals surface area (Å²) in [6.45, 7) is 8.63. The highest BCUT2D eigenvalue weighted by Crippen LogP contribution is 2.29. The molecule has 1 aliphatic rings. The Bertz CT molecular complexity index is 572. The first-order chi connectivity index (χ1) is 9.66. The number of aliphatic hydroxyl groups excluding tert-OH is 1. The number of fused-ring (bicyclic) bond motifs is 3. The standard InChI is InChI=1S/C15H20N2O.C2H6/c1-11(18)9-17-8-7-15-13(10-17)12-5-3-4-6-14(12)16(15)2;1-2/h3-6,11,18H,7-10H2,1-2H3;1-2H3. The molecule has 0 saturated carbocycles. The maximum Gasteiger partial charge on any atom is 0.0639 e. The predicted molar refractivity (Wildman–Crippen MR) is 84.9 cm³/mol. The monoisotopic (exact) mass is 274 g/mol. The zero-order valence-electron chi connectivity index (χ0n) is 13.1. The molecule has 2 aromatic rings. The van der Waals surface area contributed by atoms with Crippen LogP contribution in [-0.2, 0) is 20.0 Å². The molecule has 110 valence electrons. The number of aromatic nitrogens is 1. The number of aliphatic hydroxyl groups is 1. The molecule has 0 fully saturated rings. The molecule has 20 heavy (non-hydrogen) atoms. The predicted octanol–water partition coefficient (Wildman–Crippen LogP) is 2.94. The maximum absolute atomic E-state index is 9.52. The van der Waals surface area contributed by atoms with Gasteiger partial charge < -0.3 is 9.67 Å². The van der Waals surface area contributed by atoms with Crippen molar-refractivity contribution in [1.82, 2.24) is 9.47 Å². The van der Waals surface area contributed by atoms with Gasteiger partial charge in [-0.15, -0.1) is 0 Å². The molecular formula is C17H26N2O. The molecule has 3 rings (SSSR count). The Morgan fingerprint density at radius 1 is 1.25 bits per heavy atom. The summed E-state index contributed by atoms with van der Waals surface area (Å²) in [4.78, 5) is 2.35. The fourth-order valence-electron chi connectivity index (χ4n) is 3.12. The lowest BCUT2D eigenvalue weighted by molar-refractivity contribution is 0.119. The second-order valence-electron chi connectivity index (χ2n) is 5.34. The summed E-state index contributed by atoms with van der Waals surface area (Å²) in [7, 11) is 2.16. The number of hydrogen-bond donors (Lipinski definition) is 1. The second-order valence-corrected chi connectivity index (χ2v) is 5.34. The van der Waals surface area contributed by atoms with Crippen molar-refractivity contribution < 1.29 is 5.11 Å². The minimum Gasteiger partial charge on any atom is -0.392 e. The molecule has 1 aromatic carbocycles. The highest BCUT2D eigenvalue weighted by Gasteiger charge is 2.22. The molecule has 2 heterocycles. The van der Waals surface area contributed by atoms with Crippen LogP contribution in [0.5, 0.6) is 0 Å². The molecule has 1 N–H and O–H groups in total. The molecule has 3 heteroatoms. The largest absolute Gasteiger partial charge is 0.392 e. The van der Waals surface area contributed by atoms with Gasteiger partial charge >= 0.3 is 0 Å². The van der Waals surface area contributed by atoms with Crippen LogP contribution in [0.25, 0.3) is 10.9 Å². The summed E-state index contributed by atoms with van der Waals surface area (Å²) < 4.78 is 2.32. The van der Waals surface area contributed by atoms with Crippen LogP contribution in [0.2, 0.25) is 0 Å². The Balaban J connectivity index is 0.000000704. The van der Waals surface area contributed by atoms with Crippen LogP contribution in [0.1, 0.15) is 32.0 Å². The topological polar surface area (TPSA) is 28.4 Å². The fraction of sp³-hybridized carbons (Fsp3) is 0.529. The molecule has 1 aromatic heterocycles. The Kier molecular flexibility index (Phi) is 4.84. The van der Waals surface area contributed by atoms with Gasteiger partial charge in [-0.1, -0.05) is 32.0 Å². The number of nitrogens with zero attached hydrogens (tertiary/aromatic N) is 2. The van der Waals surface area contributed by atoms with Crippen molar-refractivity contribution in [2.24, 2.45) is 7.05 Å². The summed E-state index contributed by atoms with van der Waals surface area (Å²) in [6, 6.07) is 8.60. The van der Waals surface area contributed by atoms with Crippen LogP contribution in [0.4, 0.5) is 0 Å². The van der Waals surface area contributed by atoms with Gasteiger partial charge in [0.25, 0.3) is 0 Å². The van der Waals surface area contributed by atoms with Crippen molar-refractivity contribution >= 4 is 10.9 Å². The fourth-order valence-corrected chi connectivity index (χ4v) is 3.12. The molecule has 1 aliphatic heterocycles. The van der Waals surface area contributed by atoms with E-state index in [0.717, 1.165) is 26.1 Å². The van der Waals surface area contributed by atoms with E-state index in [-0.39, 0.29) is 6.10 Å². The van der Waals surface area contributed by atoms with Gasteiger partial charge in [-0.3, -0.25) is 4.90 Å². The minimum absolute atomic E-state index is 0.249. The lowest BCUT2D eigenvalue weighted by Crippen LogP contribution is -2.35. The van der Waals surface area contributed by atoms with Crippen molar-refractivity contribution in [3.8, 4) is 0 Å². The Morgan fingerprint density at radius 2 is 1.95 bits per heavy atom. The second kappa shape index (κ2) is 6.42. The quantitative estimate of drug-likeness (QED) is 0.912. The molecule has 0 saturated heterocycles. The van der Waals surface area contributed by atoms with Crippen molar-refractivity contribution in [1.29, 1.82) is 0 Å². The first kappa shape index (κ1) is 15.1. The lowest BCUT2D eigenvalue weighted by atomic mass is 10.0. The van der Waals surface area contributed by atoms with Gasteiger partial charge in [0.05, 0.1) is 6.10 Å². The Labute approximate surface area is 121 Å². The van der Waals surface area contributed by atoms with E-state index in [1.54, 1.807) is 0 Å². The zero-order chi connectivity index (χ0) is 14.7. The van der Waals surface area contributed by atoms with E-state index in [4.69, 9.17) is 0 Å². The third-order valence-electron chi connectivity index (χ3n) is 3.91. The van der Waals surface area contributed by atoms with Gasteiger partial charge in [0, 0.05) is 49.7 Å². The van der Waals surface area contributed by atoms with E-state index in [2.05, 4.69) is 40.8 Å². The third-order valence-corrected chi connectivity index (χ3v) is 3.91.